The number of hydrogen-bond donors (Lipinski definition) is 0. The van der Waals surface area contributed by atoms with E-state index in [0.717, 1.165) is 28.3 Å². The summed E-state index contributed by atoms with van der Waals surface area (Å²) in [5.41, 5.74) is 16.3. The van der Waals surface area contributed by atoms with Crippen LogP contribution in [0.5, 0.6) is 0 Å². The maximum absolute atomic E-state index is 2.45. The maximum atomic E-state index is 2.45. The highest BCUT2D eigenvalue weighted by molar-refractivity contribution is 7.25. The molecule has 2 heterocycles. The molecule has 0 amide bonds. The second-order valence-electron chi connectivity index (χ2n) is 17.3. The van der Waals surface area contributed by atoms with Crippen molar-refractivity contribution < 1.29 is 0 Å². The zero-order valence-corrected chi connectivity index (χ0v) is 37.4. The number of aromatic nitrogens is 1. The van der Waals surface area contributed by atoms with E-state index in [-0.39, 0.29) is 0 Å². The normalized spacial score (nSPS) is 11.6. The van der Waals surface area contributed by atoms with Gasteiger partial charge in [0.1, 0.15) is 0 Å². The van der Waals surface area contributed by atoms with Gasteiger partial charge in [-0.05, 0) is 123 Å². The molecule has 0 atom stereocenters. The van der Waals surface area contributed by atoms with Crippen molar-refractivity contribution in [3.05, 3.63) is 255 Å². The Labute approximate surface area is 393 Å². The van der Waals surface area contributed by atoms with Gasteiger partial charge in [0.05, 0.1) is 11.0 Å². The molecule has 67 heavy (non-hydrogen) atoms. The molecule has 2 nitrogen and oxygen atoms in total. The molecule has 0 aliphatic rings. The van der Waals surface area contributed by atoms with Crippen molar-refractivity contribution in [2.24, 2.45) is 0 Å². The summed E-state index contributed by atoms with van der Waals surface area (Å²) in [6.07, 6.45) is 0. The first-order chi connectivity index (χ1) is 33.2. The van der Waals surface area contributed by atoms with E-state index in [1.165, 1.54) is 91.7 Å². The van der Waals surface area contributed by atoms with Gasteiger partial charge in [0.2, 0.25) is 0 Å². The number of hydrogen-bond acceptors (Lipinski definition) is 2. The first kappa shape index (κ1) is 38.9. The monoisotopic (exact) mass is 870 g/mol. The Morgan fingerprint density at radius 1 is 0.313 bits per heavy atom. The highest BCUT2D eigenvalue weighted by atomic mass is 32.1. The lowest BCUT2D eigenvalue weighted by molar-refractivity contribution is 1.19. The minimum atomic E-state index is 1.08. The standard InChI is InChI=1S/C64H42N2S/c1-4-15-43(16-5-1)49-39-50(44-17-6-2-7-18-44)41-54(40-49)65(53-35-29-47(30-36-53)55-24-14-26-62-63(55)59-23-12-13-25-61(59)67-62)52-33-27-45(28-34-52)48-32-37-57-58-38-31-46-19-10-11-22-56(46)64(58)66(60(57)42-48)51-20-8-3-9-21-51/h1-42H. The van der Waals surface area contributed by atoms with E-state index in [1.807, 2.05) is 11.3 Å². The average Bonchev–Trinajstić information content (AvgIpc) is 3.96. The van der Waals surface area contributed by atoms with Crippen LogP contribution in [0, 0.1) is 0 Å². The van der Waals surface area contributed by atoms with E-state index in [1.54, 1.807) is 0 Å². The van der Waals surface area contributed by atoms with Crippen molar-refractivity contribution in [2.45, 2.75) is 0 Å². The molecule has 0 fully saturated rings. The quantitative estimate of drug-likeness (QED) is 0.148. The number of para-hydroxylation sites is 1. The van der Waals surface area contributed by atoms with Crippen molar-refractivity contribution >= 4 is 81.1 Å². The van der Waals surface area contributed by atoms with Crippen molar-refractivity contribution in [3.8, 4) is 50.2 Å². The zero-order valence-electron chi connectivity index (χ0n) is 36.6. The van der Waals surface area contributed by atoms with Gasteiger partial charge in [-0.2, -0.15) is 0 Å². The van der Waals surface area contributed by atoms with E-state index in [0.29, 0.717) is 0 Å². The largest absolute Gasteiger partial charge is 0.310 e. The van der Waals surface area contributed by atoms with Crippen molar-refractivity contribution in [3.63, 3.8) is 0 Å². The molecule has 3 heteroatoms. The van der Waals surface area contributed by atoms with Crippen LogP contribution in [0.4, 0.5) is 17.1 Å². The van der Waals surface area contributed by atoms with E-state index in [2.05, 4.69) is 264 Å². The summed E-state index contributed by atoms with van der Waals surface area (Å²) >= 11 is 1.86. The van der Waals surface area contributed by atoms with E-state index < -0.39 is 0 Å². The molecule has 0 radical (unpaired) electrons. The number of benzene rings is 11. The summed E-state index contributed by atoms with van der Waals surface area (Å²) in [4.78, 5) is 2.41. The highest BCUT2D eigenvalue weighted by Gasteiger charge is 2.19. The molecule has 2 aromatic heterocycles. The van der Waals surface area contributed by atoms with Crippen LogP contribution in [-0.4, -0.2) is 4.57 Å². The lowest BCUT2D eigenvalue weighted by Crippen LogP contribution is -2.10. The Kier molecular flexibility index (Phi) is 9.40. The SMILES string of the molecule is c1ccc(-c2cc(-c3ccccc3)cc(N(c3ccc(-c4ccc5c6ccc7ccccc7c6n(-c6ccccc6)c5c4)cc3)c3ccc(-c4cccc5sc6ccccc6c45)cc3)c2)cc1. The predicted molar refractivity (Wildman–Crippen MR) is 288 cm³/mol. The fourth-order valence-corrected chi connectivity index (χ4v) is 11.3. The van der Waals surface area contributed by atoms with Gasteiger partial charge in [0.15, 0.2) is 0 Å². The third kappa shape index (κ3) is 6.79. The molecular formula is C64H42N2S. The molecule has 13 rings (SSSR count). The fourth-order valence-electron chi connectivity index (χ4n) is 10.2. The van der Waals surface area contributed by atoms with E-state index >= 15 is 0 Å². The third-order valence-electron chi connectivity index (χ3n) is 13.4. The van der Waals surface area contributed by atoms with Gasteiger partial charge < -0.3 is 9.47 Å². The topological polar surface area (TPSA) is 8.17 Å². The van der Waals surface area contributed by atoms with Gasteiger partial charge in [-0.3, -0.25) is 0 Å². The summed E-state index contributed by atoms with van der Waals surface area (Å²) in [6, 6.07) is 93.2. The smallest absolute Gasteiger partial charge is 0.0619 e. The second kappa shape index (κ2) is 16.2. The van der Waals surface area contributed by atoms with Gasteiger partial charge in [-0.15, -0.1) is 11.3 Å². The summed E-state index contributed by atoms with van der Waals surface area (Å²) < 4.78 is 5.07. The fraction of sp³-hybridized carbons (Fsp3) is 0. The van der Waals surface area contributed by atoms with Crippen LogP contribution in [-0.2, 0) is 0 Å². The maximum Gasteiger partial charge on any atom is 0.0619 e. The minimum Gasteiger partial charge on any atom is -0.310 e. The van der Waals surface area contributed by atoms with Gasteiger partial charge >= 0.3 is 0 Å². The molecule has 314 valence electrons. The molecule has 0 aliphatic heterocycles. The van der Waals surface area contributed by atoms with E-state index in [9.17, 15) is 0 Å². The van der Waals surface area contributed by atoms with Crippen LogP contribution >= 0.6 is 11.3 Å². The lowest BCUT2D eigenvalue weighted by Gasteiger charge is -2.27. The molecule has 0 saturated heterocycles. The lowest BCUT2D eigenvalue weighted by atomic mass is 9.96. The predicted octanol–water partition coefficient (Wildman–Crippen LogP) is 18.4. The Morgan fingerprint density at radius 2 is 0.866 bits per heavy atom. The first-order valence-corrected chi connectivity index (χ1v) is 23.7. The third-order valence-corrected chi connectivity index (χ3v) is 14.5. The second-order valence-corrected chi connectivity index (χ2v) is 18.4. The average molecular weight is 871 g/mol. The molecule has 0 saturated carbocycles. The van der Waals surface area contributed by atoms with Gasteiger partial charge in [-0.25, -0.2) is 0 Å². The van der Waals surface area contributed by atoms with Gasteiger partial charge in [0, 0.05) is 59.1 Å². The molecule has 11 aromatic carbocycles. The highest BCUT2D eigenvalue weighted by Crippen LogP contribution is 2.44. The number of rotatable bonds is 8. The summed E-state index contributed by atoms with van der Waals surface area (Å²) in [5.74, 6) is 0. The Morgan fingerprint density at radius 3 is 1.57 bits per heavy atom. The van der Waals surface area contributed by atoms with Crippen molar-refractivity contribution in [2.75, 3.05) is 4.90 Å². The zero-order chi connectivity index (χ0) is 44.3. The molecule has 0 unspecified atom stereocenters. The Balaban J connectivity index is 0.962. The molecule has 0 N–H and O–H groups in total. The van der Waals surface area contributed by atoms with Crippen LogP contribution < -0.4 is 4.90 Å². The number of anilines is 3. The Bertz CT molecular complexity index is 3890. The summed E-state index contributed by atoms with van der Waals surface area (Å²) in [7, 11) is 0. The van der Waals surface area contributed by atoms with Gasteiger partial charge in [0.25, 0.3) is 0 Å². The van der Waals surface area contributed by atoms with Crippen LogP contribution in [0.15, 0.2) is 255 Å². The minimum absolute atomic E-state index is 1.08. The molecule has 0 bridgehead atoms. The molecule has 13 aromatic rings. The van der Waals surface area contributed by atoms with E-state index in [4.69, 9.17) is 0 Å². The van der Waals surface area contributed by atoms with Crippen LogP contribution in [0.3, 0.4) is 0 Å². The van der Waals surface area contributed by atoms with Gasteiger partial charge in [-0.1, -0.05) is 182 Å². The molecular weight excluding hydrogens is 829 g/mol. The summed E-state index contributed by atoms with van der Waals surface area (Å²) in [6.45, 7) is 0. The Hall–Kier alpha value is -8.50. The van der Waals surface area contributed by atoms with Crippen molar-refractivity contribution in [1.82, 2.24) is 4.57 Å². The van der Waals surface area contributed by atoms with Crippen LogP contribution in [0.1, 0.15) is 0 Å². The van der Waals surface area contributed by atoms with Crippen LogP contribution in [0.25, 0.3) is 103 Å². The number of thiophene rings is 1. The summed E-state index contributed by atoms with van der Waals surface area (Å²) in [5, 5.41) is 7.63. The first-order valence-electron chi connectivity index (χ1n) is 22.9. The van der Waals surface area contributed by atoms with Crippen LogP contribution in [0.2, 0.25) is 0 Å². The van der Waals surface area contributed by atoms with Crippen molar-refractivity contribution in [1.29, 1.82) is 0 Å². The molecule has 0 spiro atoms. The molecule has 0 aliphatic carbocycles. The number of nitrogens with zero attached hydrogens (tertiary/aromatic N) is 2. The number of fused-ring (bicyclic) bond motifs is 8.